The molecule has 1 aromatic rings. The van der Waals surface area contributed by atoms with E-state index in [4.69, 9.17) is 5.73 Å². The van der Waals surface area contributed by atoms with Crippen LogP contribution in [0.4, 0.5) is 23.2 Å². The molecule has 0 aromatic heterocycles. The van der Waals surface area contributed by atoms with Gasteiger partial charge in [-0.05, 0) is 12.1 Å². The standard InChI is InChI=1S/C12H14F4N2/c1-18(8-4-12(15,16)5-8)7-2-10(13)9(6-17)11(14)3-7/h2-3,8H,4-6,17H2,1H3. The molecule has 2 N–H and O–H groups in total. The fourth-order valence-corrected chi connectivity index (χ4v) is 2.10. The third kappa shape index (κ3) is 2.29. The van der Waals surface area contributed by atoms with Crippen molar-refractivity contribution in [3.8, 4) is 0 Å². The van der Waals surface area contributed by atoms with Gasteiger partial charge in [0.1, 0.15) is 11.6 Å². The van der Waals surface area contributed by atoms with Gasteiger partial charge in [0.25, 0.3) is 5.92 Å². The zero-order valence-corrected chi connectivity index (χ0v) is 9.89. The van der Waals surface area contributed by atoms with Crippen molar-refractivity contribution in [2.75, 3.05) is 11.9 Å². The van der Waals surface area contributed by atoms with Crippen LogP contribution in [-0.4, -0.2) is 19.0 Å². The summed E-state index contributed by atoms with van der Waals surface area (Å²) in [5.74, 6) is -4.15. The second kappa shape index (κ2) is 4.42. The van der Waals surface area contributed by atoms with Crippen LogP contribution in [0, 0.1) is 11.6 Å². The molecule has 1 saturated carbocycles. The average Bonchev–Trinajstić information content (AvgIpc) is 2.24. The van der Waals surface area contributed by atoms with E-state index in [9.17, 15) is 17.6 Å². The van der Waals surface area contributed by atoms with Gasteiger partial charge in [-0.2, -0.15) is 0 Å². The van der Waals surface area contributed by atoms with E-state index in [1.54, 1.807) is 7.05 Å². The summed E-state index contributed by atoms with van der Waals surface area (Å²) in [7, 11) is 1.55. The summed E-state index contributed by atoms with van der Waals surface area (Å²) in [4.78, 5) is 1.48. The Bertz CT molecular complexity index is 430. The summed E-state index contributed by atoms with van der Waals surface area (Å²) < 4.78 is 52.5. The summed E-state index contributed by atoms with van der Waals surface area (Å²) in [6.07, 6.45) is -0.573. The van der Waals surface area contributed by atoms with Gasteiger partial charge in [0.05, 0.1) is 0 Å². The van der Waals surface area contributed by atoms with Crippen molar-refractivity contribution in [3.63, 3.8) is 0 Å². The summed E-state index contributed by atoms with van der Waals surface area (Å²) >= 11 is 0. The molecule has 2 rings (SSSR count). The predicted octanol–water partition coefficient (Wildman–Crippen LogP) is 2.66. The van der Waals surface area contributed by atoms with E-state index >= 15 is 0 Å². The van der Waals surface area contributed by atoms with Gasteiger partial charge in [-0.15, -0.1) is 0 Å². The minimum Gasteiger partial charge on any atom is -0.371 e. The van der Waals surface area contributed by atoms with Crippen LogP contribution in [-0.2, 0) is 6.54 Å². The maximum atomic E-state index is 13.5. The highest BCUT2D eigenvalue weighted by atomic mass is 19.3. The molecule has 100 valence electrons. The first-order chi connectivity index (χ1) is 8.34. The van der Waals surface area contributed by atoms with Crippen LogP contribution in [0.1, 0.15) is 18.4 Å². The molecule has 1 aliphatic rings. The Morgan fingerprint density at radius 3 is 2.17 bits per heavy atom. The van der Waals surface area contributed by atoms with Crippen molar-refractivity contribution in [2.24, 2.45) is 5.73 Å². The molecule has 0 aliphatic heterocycles. The third-order valence-corrected chi connectivity index (χ3v) is 3.35. The van der Waals surface area contributed by atoms with Crippen LogP contribution in [0.3, 0.4) is 0 Å². The van der Waals surface area contributed by atoms with Gasteiger partial charge >= 0.3 is 0 Å². The number of halogens is 4. The van der Waals surface area contributed by atoms with E-state index in [2.05, 4.69) is 0 Å². The van der Waals surface area contributed by atoms with Crippen LogP contribution in [0.25, 0.3) is 0 Å². The van der Waals surface area contributed by atoms with Crippen LogP contribution in [0.2, 0.25) is 0 Å². The molecule has 0 spiro atoms. The Morgan fingerprint density at radius 2 is 1.78 bits per heavy atom. The highest BCUT2D eigenvalue weighted by Gasteiger charge is 2.47. The van der Waals surface area contributed by atoms with Gasteiger partial charge < -0.3 is 10.6 Å². The maximum absolute atomic E-state index is 13.5. The van der Waals surface area contributed by atoms with Gasteiger partial charge in [0.2, 0.25) is 0 Å². The largest absolute Gasteiger partial charge is 0.371 e. The zero-order chi connectivity index (χ0) is 13.5. The number of benzene rings is 1. The molecular weight excluding hydrogens is 248 g/mol. The number of hydrogen-bond donors (Lipinski definition) is 1. The van der Waals surface area contributed by atoms with Crippen molar-refractivity contribution in [2.45, 2.75) is 31.4 Å². The third-order valence-electron chi connectivity index (χ3n) is 3.35. The number of rotatable bonds is 3. The van der Waals surface area contributed by atoms with E-state index in [-0.39, 0.29) is 36.7 Å². The normalized spacial score (nSPS) is 18.6. The van der Waals surface area contributed by atoms with E-state index in [0.29, 0.717) is 0 Å². The first-order valence-corrected chi connectivity index (χ1v) is 5.63. The molecule has 2 nitrogen and oxygen atoms in total. The van der Waals surface area contributed by atoms with Crippen molar-refractivity contribution in [3.05, 3.63) is 29.3 Å². The second-order valence-electron chi connectivity index (χ2n) is 4.62. The minimum absolute atomic E-state index is 0.189. The van der Waals surface area contributed by atoms with Crippen molar-refractivity contribution in [1.82, 2.24) is 0 Å². The van der Waals surface area contributed by atoms with Crippen molar-refractivity contribution in [1.29, 1.82) is 0 Å². The predicted molar refractivity (Wildman–Crippen MR) is 60.6 cm³/mol. The van der Waals surface area contributed by atoms with Crippen molar-refractivity contribution >= 4 is 5.69 Å². The highest BCUT2D eigenvalue weighted by Crippen LogP contribution is 2.41. The average molecular weight is 262 g/mol. The second-order valence-corrected chi connectivity index (χ2v) is 4.62. The Balaban J connectivity index is 2.19. The van der Waals surface area contributed by atoms with E-state index in [1.165, 1.54) is 4.90 Å². The highest BCUT2D eigenvalue weighted by molar-refractivity contribution is 5.49. The Labute approximate surface area is 102 Å². The number of hydrogen-bond acceptors (Lipinski definition) is 2. The molecule has 1 fully saturated rings. The molecule has 0 atom stereocenters. The molecule has 1 aliphatic carbocycles. The van der Waals surface area contributed by atoms with Gasteiger partial charge in [-0.1, -0.05) is 0 Å². The smallest absolute Gasteiger partial charge is 0.252 e. The SMILES string of the molecule is CN(c1cc(F)c(CN)c(F)c1)C1CC(F)(F)C1. The lowest BCUT2D eigenvalue weighted by Crippen LogP contribution is -2.49. The lowest BCUT2D eigenvalue weighted by atomic mass is 9.87. The zero-order valence-electron chi connectivity index (χ0n) is 9.89. The molecule has 0 heterocycles. The molecule has 0 saturated heterocycles. The molecule has 0 bridgehead atoms. The number of nitrogens with two attached hydrogens (primary N) is 1. The molecule has 0 unspecified atom stereocenters. The van der Waals surface area contributed by atoms with Crippen molar-refractivity contribution < 1.29 is 17.6 Å². The Kier molecular flexibility index (Phi) is 3.23. The number of nitrogens with zero attached hydrogens (tertiary/aromatic N) is 1. The quantitative estimate of drug-likeness (QED) is 0.848. The molecule has 6 heteroatoms. The first-order valence-electron chi connectivity index (χ1n) is 5.63. The monoisotopic (exact) mass is 262 g/mol. The first kappa shape index (κ1) is 13.1. The fraction of sp³-hybridized carbons (Fsp3) is 0.500. The number of anilines is 1. The molecule has 18 heavy (non-hydrogen) atoms. The lowest BCUT2D eigenvalue weighted by Gasteiger charge is -2.42. The van der Waals surface area contributed by atoms with Crippen LogP contribution >= 0.6 is 0 Å². The summed E-state index contributed by atoms with van der Waals surface area (Å²) in [6, 6.07) is 1.87. The van der Waals surface area contributed by atoms with Crippen LogP contribution < -0.4 is 10.6 Å². The summed E-state index contributed by atoms with van der Waals surface area (Å²) in [6.45, 7) is -0.233. The summed E-state index contributed by atoms with van der Waals surface area (Å²) in [5, 5.41) is 0. The van der Waals surface area contributed by atoms with E-state index < -0.39 is 17.6 Å². The maximum Gasteiger partial charge on any atom is 0.252 e. The van der Waals surface area contributed by atoms with Gasteiger partial charge in [-0.25, -0.2) is 17.6 Å². The molecule has 1 aromatic carbocycles. The Hall–Kier alpha value is -1.30. The Morgan fingerprint density at radius 1 is 1.28 bits per heavy atom. The van der Waals surface area contributed by atoms with E-state index in [1.807, 2.05) is 0 Å². The minimum atomic E-state index is -2.66. The topological polar surface area (TPSA) is 29.3 Å². The van der Waals surface area contributed by atoms with Crippen LogP contribution in [0.15, 0.2) is 12.1 Å². The van der Waals surface area contributed by atoms with Gasteiger partial charge in [-0.3, -0.25) is 0 Å². The van der Waals surface area contributed by atoms with Gasteiger partial charge in [0, 0.05) is 43.7 Å². The van der Waals surface area contributed by atoms with Crippen LogP contribution in [0.5, 0.6) is 0 Å². The number of alkyl halides is 2. The lowest BCUT2D eigenvalue weighted by molar-refractivity contribution is -0.0849. The van der Waals surface area contributed by atoms with E-state index in [0.717, 1.165) is 12.1 Å². The summed E-state index contributed by atoms with van der Waals surface area (Å²) in [5.41, 5.74) is 5.28. The van der Waals surface area contributed by atoms with Gasteiger partial charge in [0.15, 0.2) is 0 Å². The fourth-order valence-electron chi connectivity index (χ4n) is 2.10. The molecule has 0 radical (unpaired) electrons. The molecular formula is C12H14F4N2. The molecule has 0 amide bonds.